The van der Waals surface area contributed by atoms with E-state index >= 15 is 0 Å². The Labute approximate surface area is 154 Å². The number of amides is 1. The summed E-state index contributed by atoms with van der Waals surface area (Å²) in [6, 6.07) is 10.4. The van der Waals surface area contributed by atoms with E-state index in [2.05, 4.69) is 5.32 Å². The summed E-state index contributed by atoms with van der Waals surface area (Å²) >= 11 is 0. The van der Waals surface area contributed by atoms with Crippen LogP contribution in [0.15, 0.2) is 42.5 Å². The summed E-state index contributed by atoms with van der Waals surface area (Å²) in [5.41, 5.74) is 0.988. The fraction of sp³-hybridized carbons (Fsp3) is 0.350. The van der Waals surface area contributed by atoms with Gasteiger partial charge in [0.15, 0.2) is 11.5 Å². The van der Waals surface area contributed by atoms with Gasteiger partial charge >= 0.3 is 6.18 Å². The van der Waals surface area contributed by atoms with Crippen molar-refractivity contribution in [3.05, 3.63) is 59.2 Å². The molecule has 2 aliphatic rings. The summed E-state index contributed by atoms with van der Waals surface area (Å²) < 4.78 is 48.6. The Balaban J connectivity index is 1.37. The Morgan fingerprint density at radius 1 is 1.11 bits per heavy atom. The zero-order valence-corrected chi connectivity index (χ0v) is 14.5. The van der Waals surface area contributed by atoms with Crippen LogP contribution in [0.1, 0.15) is 42.0 Å². The van der Waals surface area contributed by atoms with Crippen LogP contribution in [0.4, 0.5) is 13.2 Å². The van der Waals surface area contributed by atoms with Gasteiger partial charge in [-0.25, -0.2) is 0 Å². The third-order valence-electron chi connectivity index (χ3n) is 5.05. The molecule has 4 rings (SSSR count). The van der Waals surface area contributed by atoms with Crippen molar-refractivity contribution in [2.75, 3.05) is 6.79 Å². The fourth-order valence-corrected chi connectivity index (χ4v) is 3.36. The molecule has 27 heavy (non-hydrogen) atoms. The van der Waals surface area contributed by atoms with Gasteiger partial charge < -0.3 is 14.8 Å². The first-order valence-corrected chi connectivity index (χ1v) is 8.70. The van der Waals surface area contributed by atoms with Gasteiger partial charge in [-0.3, -0.25) is 4.79 Å². The van der Waals surface area contributed by atoms with E-state index in [-0.39, 0.29) is 30.6 Å². The van der Waals surface area contributed by atoms with Crippen LogP contribution >= 0.6 is 0 Å². The molecule has 0 saturated heterocycles. The van der Waals surface area contributed by atoms with Gasteiger partial charge in [-0.15, -0.1) is 0 Å². The number of rotatable bonds is 4. The van der Waals surface area contributed by atoms with Gasteiger partial charge in [0.1, 0.15) is 0 Å². The van der Waals surface area contributed by atoms with Gasteiger partial charge in [0.05, 0.1) is 11.6 Å². The predicted molar refractivity (Wildman–Crippen MR) is 91.4 cm³/mol. The minimum absolute atomic E-state index is 0.0313. The Kier molecular flexibility index (Phi) is 4.25. The first-order valence-electron chi connectivity index (χ1n) is 8.70. The van der Waals surface area contributed by atoms with E-state index in [4.69, 9.17) is 9.47 Å². The lowest BCUT2D eigenvalue weighted by molar-refractivity contribution is -0.137. The molecular formula is C20H18F3NO3. The van der Waals surface area contributed by atoms with Crippen molar-refractivity contribution < 1.29 is 27.4 Å². The van der Waals surface area contributed by atoms with E-state index in [0.29, 0.717) is 17.9 Å². The molecule has 0 spiro atoms. The number of hydrogen-bond donors (Lipinski definition) is 1. The molecular weight excluding hydrogens is 359 g/mol. The lowest BCUT2D eigenvalue weighted by Crippen LogP contribution is -2.28. The van der Waals surface area contributed by atoms with Crippen molar-refractivity contribution in [2.24, 2.45) is 5.92 Å². The summed E-state index contributed by atoms with van der Waals surface area (Å²) in [7, 11) is 0. The molecule has 2 aromatic rings. The molecule has 142 valence electrons. The predicted octanol–water partition coefficient (Wildman–Crippen LogP) is 4.42. The number of fused-ring (bicyclic) bond motifs is 1. The standard InChI is InChI=1S/C20H18F3NO3/c1-11(13-4-7-17-18(8-13)27-10-26-17)24-19(25)16-9-15(16)12-2-5-14(6-3-12)20(21,22)23/h2-8,11,15-16H,9-10H2,1H3,(H,24,25). The van der Waals surface area contributed by atoms with Crippen LogP contribution < -0.4 is 14.8 Å². The van der Waals surface area contributed by atoms with Crippen molar-refractivity contribution in [3.8, 4) is 11.5 Å². The molecule has 0 aromatic heterocycles. The fourth-order valence-electron chi connectivity index (χ4n) is 3.36. The van der Waals surface area contributed by atoms with Crippen LogP contribution in [-0.4, -0.2) is 12.7 Å². The summed E-state index contributed by atoms with van der Waals surface area (Å²) in [6.45, 7) is 2.07. The molecule has 4 nitrogen and oxygen atoms in total. The Hall–Kier alpha value is -2.70. The van der Waals surface area contributed by atoms with Gasteiger partial charge in [0.2, 0.25) is 12.7 Å². The molecule has 1 N–H and O–H groups in total. The van der Waals surface area contributed by atoms with Crippen LogP contribution in [-0.2, 0) is 11.0 Å². The third kappa shape index (κ3) is 3.59. The second kappa shape index (κ2) is 6.48. The lowest BCUT2D eigenvalue weighted by Gasteiger charge is -2.15. The van der Waals surface area contributed by atoms with Gasteiger partial charge in [-0.1, -0.05) is 18.2 Å². The van der Waals surface area contributed by atoms with Crippen LogP contribution in [0.5, 0.6) is 11.5 Å². The molecule has 1 fully saturated rings. The number of nitrogens with one attached hydrogen (secondary N) is 1. The minimum Gasteiger partial charge on any atom is -0.454 e. The van der Waals surface area contributed by atoms with Crippen molar-refractivity contribution in [1.29, 1.82) is 0 Å². The van der Waals surface area contributed by atoms with E-state index in [0.717, 1.165) is 23.3 Å². The van der Waals surface area contributed by atoms with Crippen LogP contribution in [0, 0.1) is 5.92 Å². The largest absolute Gasteiger partial charge is 0.454 e. The number of carbonyl (C=O) groups is 1. The van der Waals surface area contributed by atoms with Gasteiger partial charge in [0, 0.05) is 5.92 Å². The van der Waals surface area contributed by atoms with Gasteiger partial charge in [0.25, 0.3) is 0 Å². The summed E-state index contributed by atoms with van der Waals surface area (Å²) in [5.74, 6) is 1.00. The molecule has 1 saturated carbocycles. The summed E-state index contributed by atoms with van der Waals surface area (Å²) in [6.07, 6.45) is -3.70. The number of ether oxygens (including phenoxy) is 2. The molecule has 0 bridgehead atoms. The average molecular weight is 377 g/mol. The van der Waals surface area contributed by atoms with Crippen LogP contribution in [0.25, 0.3) is 0 Å². The van der Waals surface area contributed by atoms with Crippen molar-refractivity contribution in [2.45, 2.75) is 31.5 Å². The lowest BCUT2D eigenvalue weighted by atomic mass is 10.1. The average Bonchev–Trinajstić information content (AvgIpc) is 3.30. The zero-order chi connectivity index (χ0) is 19.2. The highest BCUT2D eigenvalue weighted by atomic mass is 19.4. The normalized spacial score (nSPS) is 21.6. The molecule has 0 radical (unpaired) electrons. The number of hydrogen-bond acceptors (Lipinski definition) is 3. The summed E-state index contributed by atoms with van der Waals surface area (Å²) in [4.78, 5) is 12.5. The van der Waals surface area contributed by atoms with E-state index in [9.17, 15) is 18.0 Å². The quantitative estimate of drug-likeness (QED) is 0.858. The Bertz CT molecular complexity index is 864. The Morgan fingerprint density at radius 3 is 2.52 bits per heavy atom. The number of alkyl halides is 3. The number of carbonyl (C=O) groups excluding carboxylic acids is 1. The maximum Gasteiger partial charge on any atom is 0.416 e. The monoisotopic (exact) mass is 377 g/mol. The minimum atomic E-state index is -4.35. The molecule has 3 atom stereocenters. The van der Waals surface area contributed by atoms with E-state index in [1.54, 1.807) is 0 Å². The summed E-state index contributed by atoms with van der Waals surface area (Å²) in [5, 5.41) is 2.97. The second-order valence-corrected chi connectivity index (χ2v) is 6.91. The highest BCUT2D eigenvalue weighted by Crippen LogP contribution is 2.48. The number of benzene rings is 2. The third-order valence-corrected chi connectivity index (χ3v) is 5.05. The highest BCUT2D eigenvalue weighted by Gasteiger charge is 2.44. The molecule has 1 aliphatic carbocycles. The van der Waals surface area contributed by atoms with Crippen molar-refractivity contribution >= 4 is 5.91 Å². The van der Waals surface area contributed by atoms with Crippen molar-refractivity contribution in [1.82, 2.24) is 5.32 Å². The van der Waals surface area contributed by atoms with Gasteiger partial charge in [-0.05, 0) is 54.7 Å². The first-order chi connectivity index (χ1) is 12.8. The molecule has 3 unspecified atom stereocenters. The molecule has 2 aromatic carbocycles. The van der Waals surface area contributed by atoms with Crippen LogP contribution in [0.3, 0.4) is 0 Å². The number of halogens is 3. The van der Waals surface area contributed by atoms with Gasteiger partial charge in [-0.2, -0.15) is 13.2 Å². The zero-order valence-electron chi connectivity index (χ0n) is 14.5. The van der Waals surface area contributed by atoms with E-state index in [1.807, 2.05) is 25.1 Å². The highest BCUT2D eigenvalue weighted by molar-refractivity contribution is 5.83. The maximum absolute atomic E-state index is 12.6. The topological polar surface area (TPSA) is 47.6 Å². The molecule has 1 heterocycles. The Morgan fingerprint density at radius 2 is 1.81 bits per heavy atom. The van der Waals surface area contributed by atoms with E-state index < -0.39 is 11.7 Å². The first kappa shape index (κ1) is 17.7. The smallest absolute Gasteiger partial charge is 0.416 e. The molecule has 1 amide bonds. The maximum atomic E-state index is 12.6. The van der Waals surface area contributed by atoms with Crippen LogP contribution in [0.2, 0.25) is 0 Å². The second-order valence-electron chi connectivity index (χ2n) is 6.91. The SMILES string of the molecule is CC(NC(=O)C1CC1c1ccc(C(F)(F)F)cc1)c1ccc2c(c1)OCO2. The van der Waals surface area contributed by atoms with Crippen molar-refractivity contribution in [3.63, 3.8) is 0 Å². The molecule has 1 aliphatic heterocycles. The van der Waals surface area contributed by atoms with E-state index in [1.165, 1.54) is 12.1 Å². The molecule has 7 heteroatoms.